The minimum absolute atomic E-state index is 0.0440. The normalized spacial score (nSPS) is 17.7. The largest absolute Gasteiger partial charge is 0.395 e. The molecular formula is C16H29N5O2. The fourth-order valence-electron chi connectivity index (χ4n) is 2.85. The molecule has 1 aromatic rings. The molecule has 2 heterocycles. The molecule has 1 fully saturated rings. The van der Waals surface area contributed by atoms with E-state index in [0.717, 1.165) is 32.5 Å². The first-order chi connectivity index (χ1) is 11.0. The second kappa shape index (κ2) is 8.40. The van der Waals surface area contributed by atoms with Crippen LogP contribution in [0.5, 0.6) is 0 Å². The molecule has 0 aromatic carbocycles. The molecule has 1 aliphatic rings. The Labute approximate surface area is 138 Å². The van der Waals surface area contributed by atoms with Crippen LogP contribution in [0.4, 0.5) is 0 Å². The number of hydrogen-bond acceptors (Lipinski definition) is 5. The van der Waals surface area contributed by atoms with E-state index in [9.17, 15) is 9.90 Å². The lowest BCUT2D eigenvalue weighted by Gasteiger charge is -2.38. The summed E-state index contributed by atoms with van der Waals surface area (Å²) in [5, 5.41) is 17.5. The van der Waals surface area contributed by atoms with Gasteiger partial charge in [0.1, 0.15) is 0 Å². The molecule has 2 rings (SSSR count). The van der Waals surface area contributed by atoms with Gasteiger partial charge in [0.15, 0.2) is 5.69 Å². The highest BCUT2D eigenvalue weighted by atomic mass is 16.3. The van der Waals surface area contributed by atoms with Crippen molar-refractivity contribution in [2.75, 3.05) is 32.8 Å². The van der Waals surface area contributed by atoms with Crippen LogP contribution < -0.4 is 0 Å². The van der Waals surface area contributed by atoms with Gasteiger partial charge in [-0.1, -0.05) is 26.0 Å². The molecule has 1 N–H and O–H groups in total. The zero-order chi connectivity index (χ0) is 16.8. The van der Waals surface area contributed by atoms with Crippen molar-refractivity contribution in [1.29, 1.82) is 0 Å². The number of carbonyl (C=O) groups excluding carboxylic acids is 1. The third kappa shape index (κ3) is 4.75. The van der Waals surface area contributed by atoms with Crippen LogP contribution in [0.2, 0.25) is 0 Å². The molecule has 0 radical (unpaired) electrons. The summed E-state index contributed by atoms with van der Waals surface area (Å²) in [5.41, 5.74) is 0.427. The van der Waals surface area contributed by atoms with E-state index in [1.807, 2.05) is 4.90 Å². The van der Waals surface area contributed by atoms with E-state index in [-0.39, 0.29) is 18.6 Å². The Morgan fingerprint density at radius 3 is 2.57 bits per heavy atom. The van der Waals surface area contributed by atoms with E-state index < -0.39 is 0 Å². The Balaban J connectivity index is 1.87. The average Bonchev–Trinajstić information content (AvgIpc) is 3.03. The number of aryl methyl sites for hydroxylation is 1. The molecule has 1 aromatic heterocycles. The molecule has 7 nitrogen and oxygen atoms in total. The highest BCUT2D eigenvalue weighted by Crippen LogP contribution is 2.11. The third-order valence-corrected chi connectivity index (χ3v) is 4.49. The lowest BCUT2D eigenvalue weighted by atomic mass is 10.1. The van der Waals surface area contributed by atoms with Gasteiger partial charge in [0.2, 0.25) is 0 Å². The smallest absolute Gasteiger partial charge is 0.276 e. The average molecular weight is 323 g/mol. The maximum absolute atomic E-state index is 12.5. The fraction of sp³-hybridized carbons (Fsp3) is 0.812. The van der Waals surface area contributed by atoms with Crippen molar-refractivity contribution in [2.45, 2.75) is 46.2 Å². The monoisotopic (exact) mass is 323 g/mol. The maximum atomic E-state index is 12.5. The molecule has 1 saturated heterocycles. The first-order valence-corrected chi connectivity index (χ1v) is 8.59. The van der Waals surface area contributed by atoms with Crippen molar-refractivity contribution >= 4 is 5.91 Å². The zero-order valence-electron chi connectivity index (χ0n) is 14.5. The summed E-state index contributed by atoms with van der Waals surface area (Å²) < 4.78 is 1.75. The Bertz CT molecular complexity index is 490. The minimum atomic E-state index is -0.0440. The Morgan fingerprint density at radius 1 is 1.30 bits per heavy atom. The number of nitrogens with zero attached hydrogens (tertiary/aromatic N) is 5. The van der Waals surface area contributed by atoms with Crippen LogP contribution in [0, 0.1) is 5.92 Å². The Hall–Kier alpha value is -1.47. The molecule has 7 heteroatoms. The topological polar surface area (TPSA) is 74.5 Å². The van der Waals surface area contributed by atoms with Crippen molar-refractivity contribution in [3.63, 3.8) is 0 Å². The Morgan fingerprint density at radius 2 is 2.00 bits per heavy atom. The second-order valence-corrected chi connectivity index (χ2v) is 6.62. The summed E-state index contributed by atoms with van der Waals surface area (Å²) in [7, 11) is 0. The van der Waals surface area contributed by atoms with Gasteiger partial charge in [0.25, 0.3) is 5.91 Å². The van der Waals surface area contributed by atoms with Crippen LogP contribution in [0.25, 0.3) is 0 Å². The van der Waals surface area contributed by atoms with Crippen LogP contribution in [0.15, 0.2) is 6.20 Å². The Kier molecular flexibility index (Phi) is 6.53. The van der Waals surface area contributed by atoms with Gasteiger partial charge >= 0.3 is 0 Å². The molecule has 0 aliphatic carbocycles. The fourth-order valence-corrected chi connectivity index (χ4v) is 2.85. The molecule has 1 amide bonds. The number of piperazine rings is 1. The third-order valence-electron chi connectivity index (χ3n) is 4.49. The summed E-state index contributed by atoms with van der Waals surface area (Å²) >= 11 is 0. The van der Waals surface area contributed by atoms with E-state index in [1.54, 1.807) is 10.9 Å². The molecule has 23 heavy (non-hydrogen) atoms. The van der Waals surface area contributed by atoms with Crippen LogP contribution in [0.3, 0.4) is 0 Å². The number of aromatic nitrogens is 3. The van der Waals surface area contributed by atoms with Gasteiger partial charge in [-0.2, -0.15) is 0 Å². The number of hydrogen-bond donors (Lipinski definition) is 1. The van der Waals surface area contributed by atoms with Crippen LogP contribution in [-0.4, -0.2) is 74.6 Å². The summed E-state index contributed by atoms with van der Waals surface area (Å²) in [5.74, 6) is 0.557. The van der Waals surface area contributed by atoms with Crippen molar-refractivity contribution in [3.8, 4) is 0 Å². The van der Waals surface area contributed by atoms with Gasteiger partial charge in [0.05, 0.1) is 12.8 Å². The van der Waals surface area contributed by atoms with Gasteiger partial charge in [-0.3, -0.25) is 14.4 Å². The predicted octanol–water partition coefficient (Wildman–Crippen LogP) is 0.853. The first kappa shape index (κ1) is 17.9. The number of aliphatic hydroxyl groups is 1. The maximum Gasteiger partial charge on any atom is 0.276 e. The van der Waals surface area contributed by atoms with Crippen LogP contribution in [0.1, 0.15) is 44.1 Å². The molecule has 1 atom stereocenters. The van der Waals surface area contributed by atoms with Gasteiger partial charge in [-0.25, -0.2) is 0 Å². The molecular weight excluding hydrogens is 294 g/mol. The summed E-state index contributed by atoms with van der Waals surface area (Å²) in [6.07, 6.45) is 3.70. The number of amides is 1. The standard InChI is InChI=1S/C16H29N5O2/c1-4-14(12-22)19-7-9-20(10-8-19)16(23)15-11-21(18-17-15)6-5-13(2)3/h11,13-14,22H,4-10,12H2,1-3H3. The number of aliphatic hydroxyl groups excluding tert-OH is 1. The first-order valence-electron chi connectivity index (χ1n) is 8.59. The molecule has 130 valence electrons. The van der Waals surface area contributed by atoms with E-state index >= 15 is 0 Å². The van der Waals surface area contributed by atoms with Gasteiger partial charge in [-0.15, -0.1) is 5.10 Å². The van der Waals surface area contributed by atoms with Crippen molar-refractivity contribution in [1.82, 2.24) is 24.8 Å². The molecule has 1 unspecified atom stereocenters. The van der Waals surface area contributed by atoms with E-state index in [4.69, 9.17) is 0 Å². The minimum Gasteiger partial charge on any atom is -0.395 e. The number of rotatable bonds is 7. The van der Waals surface area contributed by atoms with Crippen LogP contribution in [-0.2, 0) is 6.54 Å². The van der Waals surface area contributed by atoms with E-state index in [0.29, 0.717) is 24.7 Å². The SMILES string of the molecule is CCC(CO)N1CCN(C(=O)c2cn(CCC(C)C)nn2)CC1. The second-order valence-electron chi connectivity index (χ2n) is 6.62. The summed E-state index contributed by atoms with van der Waals surface area (Å²) in [4.78, 5) is 16.6. The quantitative estimate of drug-likeness (QED) is 0.805. The highest BCUT2D eigenvalue weighted by molar-refractivity contribution is 5.92. The molecule has 0 spiro atoms. The van der Waals surface area contributed by atoms with E-state index in [1.165, 1.54) is 0 Å². The van der Waals surface area contributed by atoms with Gasteiger partial charge in [-0.05, 0) is 18.8 Å². The van der Waals surface area contributed by atoms with Crippen molar-refractivity contribution in [3.05, 3.63) is 11.9 Å². The van der Waals surface area contributed by atoms with Gasteiger partial charge in [0, 0.05) is 38.8 Å². The molecule has 1 aliphatic heterocycles. The lowest BCUT2D eigenvalue weighted by Crippen LogP contribution is -2.52. The molecule has 0 saturated carbocycles. The van der Waals surface area contributed by atoms with Crippen molar-refractivity contribution < 1.29 is 9.90 Å². The summed E-state index contributed by atoms with van der Waals surface area (Å²) in [6.45, 7) is 10.3. The zero-order valence-corrected chi connectivity index (χ0v) is 14.5. The van der Waals surface area contributed by atoms with Gasteiger partial charge < -0.3 is 10.0 Å². The van der Waals surface area contributed by atoms with E-state index in [2.05, 4.69) is 36.0 Å². The summed E-state index contributed by atoms with van der Waals surface area (Å²) in [6, 6.07) is 0.198. The molecule has 0 bridgehead atoms. The van der Waals surface area contributed by atoms with Crippen molar-refractivity contribution in [2.24, 2.45) is 5.92 Å². The van der Waals surface area contributed by atoms with Crippen LogP contribution >= 0.6 is 0 Å². The predicted molar refractivity (Wildman–Crippen MR) is 88.1 cm³/mol. The highest BCUT2D eigenvalue weighted by Gasteiger charge is 2.26. The lowest BCUT2D eigenvalue weighted by molar-refractivity contribution is 0.0468. The number of carbonyl (C=O) groups is 1.